The van der Waals surface area contributed by atoms with Crippen LogP contribution in [0.15, 0.2) is 9.42 Å². The zero-order valence-electron chi connectivity index (χ0n) is 9.30. The molecular formula is C9H15N3O3S. The summed E-state index contributed by atoms with van der Waals surface area (Å²) in [6.45, 7) is 4.06. The van der Waals surface area contributed by atoms with Crippen LogP contribution in [-0.4, -0.2) is 37.0 Å². The van der Waals surface area contributed by atoms with Crippen LogP contribution < -0.4 is 5.73 Å². The zero-order chi connectivity index (χ0) is 11.9. The Hall–Kier alpha value is -0.920. The molecule has 0 saturated carbocycles. The molecule has 1 saturated heterocycles. The highest BCUT2D eigenvalue weighted by Gasteiger charge is 2.34. The van der Waals surface area contributed by atoms with Crippen LogP contribution in [0, 0.1) is 13.8 Å². The first-order chi connectivity index (χ1) is 7.43. The number of aromatic nitrogens is 1. The molecule has 0 radical (unpaired) electrons. The van der Waals surface area contributed by atoms with Gasteiger partial charge in [0.2, 0.25) is 10.0 Å². The van der Waals surface area contributed by atoms with Crippen molar-refractivity contribution in [3.05, 3.63) is 11.5 Å². The average Bonchev–Trinajstić information content (AvgIpc) is 2.74. The maximum absolute atomic E-state index is 12.3. The van der Waals surface area contributed by atoms with Gasteiger partial charge in [-0.1, -0.05) is 5.16 Å². The van der Waals surface area contributed by atoms with Crippen molar-refractivity contribution in [2.45, 2.75) is 31.2 Å². The summed E-state index contributed by atoms with van der Waals surface area (Å²) in [6, 6.07) is -0.0738. The van der Waals surface area contributed by atoms with Gasteiger partial charge in [-0.05, 0) is 20.3 Å². The highest BCUT2D eigenvalue weighted by molar-refractivity contribution is 7.89. The van der Waals surface area contributed by atoms with Crippen LogP contribution in [0.3, 0.4) is 0 Å². The summed E-state index contributed by atoms with van der Waals surface area (Å²) < 4.78 is 30.8. The quantitative estimate of drug-likeness (QED) is 0.793. The number of aryl methyl sites for hydroxylation is 2. The molecule has 1 atom stereocenters. The first-order valence-corrected chi connectivity index (χ1v) is 6.55. The number of nitrogens with zero attached hydrogens (tertiary/aromatic N) is 2. The van der Waals surface area contributed by atoms with Gasteiger partial charge in [-0.3, -0.25) is 0 Å². The molecule has 1 fully saturated rings. The molecular weight excluding hydrogens is 230 g/mol. The van der Waals surface area contributed by atoms with Gasteiger partial charge in [-0.2, -0.15) is 4.31 Å². The second-order valence-corrected chi connectivity index (χ2v) is 5.94. The van der Waals surface area contributed by atoms with Crippen molar-refractivity contribution in [2.24, 2.45) is 5.73 Å². The van der Waals surface area contributed by atoms with Crippen LogP contribution in [0.5, 0.6) is 0 Å². The number of hydrogen-bond acceptors (Lipinski definition) is 5. The van der Waals surface area contributed by atoms with Crippen LogP contribution in [0.25, 0.3) is 0 Å². The topological polar surface area (TPSA) is 89.4 Å². The van der Waals surface area contributed by atoms with Crippen LogP contribution >= 0.6 is 0 Å². The van der Waals surface area contributed by atoms with Gasteiger partial charge in [0, 0.05) is 19.1 Å². The molecule has 7 heteroatoms. The molecule has 90 valence electrons. The zero-order valence-corrected chi connectivity index (χ0v) is 10.1. The minimum Gasteiger partial charge on any atom is -0.360 e. The van der Waals surface area contributed by atoms with Gasteiger partial charge in [0.05, 0.1) is 0 Å². The van der Waals surface area contributed by atoms with Gasteiger partial charge < -0.3 is 10.3 Å². The number of sulfonamides is 1. The first kappa shape index (κ1) is 11.6. The lowest BCUT2D eigenvalue weighted by Gasteiger charge is -2.15. The van der Waals surface area contributed by atoms with E-state index in [1.807, 2.05) is 0 Å². The van der Waals surface area contributed by atoms with E-state index in [0.29, 0.717) is 31.0 Å². The van der Waals surface area contributed by atoms with E-state index >= 15 is 0 Å². The third-order valence-corrected chi connectivity index (χ3v) is 4.86. The molecule has 0 aromatic carbocycles. The van der Waals surface area contributed by atoms with E-state index in [0.717, 1.165) is 0 Å². The third kappa shape index (κ3) is 1.74. The summed E-state index contributed by atoms with van der Waals surface area (Å²) >= 11 is 0. The molecule has 16 heavy (non-hydrogen) atoms. The predicted molar refractivity (Wildman–Crippen MR) is 57.3 cm³/mol. The molecule has 1 aliphatic rings. The van der Waals surface area contributed by atoms with E-state index in [1.54, 1.807) is 13.8 Å². The van der Waals surface area contributed by atoms with Crippen LogP contribution in [-0.2, 0) is 10.0 Å². The Kier molecular flexibility index (Phi) is 2.77. The third-order valence-electron chi connectivity index (χ3n) is 2.75. The summed E-state index contributed by atoms with van der Waals surface area (Å²) in [4.78, 5) is 0.182. The molecule has 2 heterocycles. The van der Waals surface area contributed by atoms with E-state index in [4.69, 9.17) is 10.3 Å². The smallest absolute Gasteiger partial charge is 0.248 e. The van der Waals surface area contributed by atoms with E-state index in [9.17, 15) is 8.42 Å². The standard InChI is InChI=1S/C9H15N3O3S/c1-6-9(7(2)15-11-6)16(13,14)12-4-3-8(10)5-12/h8H,3-5,10H2,1-2H3/t8-/m1/s1. The SMILES string of the molecule is Cc1noc(C)c1S(=O)(=O)N1CC[C@@H](N)C1. The van der Waals surface area contributed by atoms with Crippen molar-refractivity contribution < 1.29 is 12.9 Å². The van der Waals surface area contributed by atoms with Crippen molar-refractivity contribution in [2.75, 3.05) is 13.1 Å². The second-order valence-electron chi connectivity index (χ2n) is 4.07. The van der Waals surface area contributed by atoms with E-state index < -0.39 is 10.0 Å². The lowest BCUT2D eigenvalue weighted by molar-refractivity contribution is 0.389. The fourth-order valence-corrected chi connectivity index (χ4v) is 3.75. The van der Waals surface area contributed by atoms with E-state index in [2.05, 4.69) is 5.16 Å². The lowest BCUT2D eigenvalue weighted by atomic mass is 10.3. The fraction of sp³-hybridized carbons (Fsp3) is 0.667. The molecule has 2 N–H and O–H groups in total. The molecule has 6 nitrogen and oxygen atoms in total. The van der Waals surface area contributed by atoms with Crippen LogP contribution in [0.2, 0.25) is 0 Å². The Balaban J connectivity index is 2.40. The minimum atomic E-state index is -3.49. The maximum Gasteiger partial charge on any atom is 0.248 e. The monoisotopic (exact) mass is 245 g/mol. The Morgan fingerprint density at radius 2 is 2.19 bits per heavy atom. The van der Waals surface area contributed by atoms with Crippen LogP contribution in [0.1, 0.15) is 17.9 Å². The Bertz CT molecular complexity index is 475. The molecule has 0 amide bonds. The fourth-order valence-electron chi connectivity index (χ4n) is 1.94. The maximum atomic E-state index is 12.3. The molecule has 1 aromatic rings. The molecule has 0 unspecified atom stereocenters. The van der Waals surface area contributed by atoms with Gasteiger partial charge >= 0.3 is 0 Å². The van der Waals surface area contributed by atoms with E-state index in [-0.39, 0.29) is 10.9 Å². The summed E-state index contributed by atoms with van der Waals surface area (Å²) in [6.07, 6.45) is 0.697. The van der Waals surface area contributed by atoms with Crippen LogP contribution in [0.4, 0.5) is 0 Å². The largest absolute Gasteiger partial charge is 0.360 e. The Morgan fingerprint density at radius 1 is 1.50 bits per heavy atom. The van der Waals surface area contributed by atoms with Gasteiger partial charge in [-0.15, -0.1) is 0 Å². The van der Waals surface area contributed by atoms with Crippen molar-refractivity contribution in [1.82, 2.24) is 9.46 Å². The van der Waals surface area contributed by atoms with E-state index in [1.165, 1.54) is 4.31 Å². The summed E-state index contributed by atoms with van der Waals surface area (Å²) in [5, 5.41) is 3.66. The Labute approximate surface area is 94.4 Å². The highest BCUT2D eigenvalue weighted by atomic mass is 32.2. The highest BCUT2D eigenvalue weighted by Crippen LogP contribution is 2.25. The van der Waals surface area contributed by atoms with Crippen molar-refractivity contribution >= 4 is 10.0 Å². The molecule has 1 aliphatic heterocycles. The molecule has 2 rings (SSSR count). The van der Waals surface area contributed by atoms with Gasteiger partial charge in [0.25, 0.3) is 0 Å². The minimum absolute atomic E-state index is 0.0738. The summed E-state index contributed by atoms with van der Waals surface area (Å²) in [7, 11) is -3.49. The molecule has 0 bridgehead atoms. The molecule has 0 spiro atoms. The first-order valence-electron chi connectivity index (χ1n) is 5.11. The Morgan fingerprint density at radius 3 is 2.62 bits per heavy atom. The second kappa shape index (κ2) is 3.83. The van der Waals surface area contributed by atoms with Crippen molar-refractivity contribution in [1.29, 1.82) is 0 Å². The summed E-state index contributed by atoms with van der Waals surface area (Å²) in [5.74, 6) is 0.331. The van der Waals surface area contributed by atoms with Gasteiger partial charge in [0.1, 0.15) is 10.6 Å². The van der Waals surface area contributed by atoms with Crippen molar-refractivity contribution in [3.8, 4) is 0 Å². The number of hydrogen-bond donors (Lipinski definition) is 1. The summed E-state index contributed by atoms with van der Waals surface area (Å²) in [5.41, 5.74) is 6.11. The average molecular weight is 245 g/mol. The van der Waals surface area contributed by atoms with Gasteiger partial charge in [0.15, 0.2) is 5.76 Å². The number of rotatable bonds is 2. The predicted octanol–water partition coefficient (Wildman–Crippen LogP) is 0.0131. The van der Waals surface area contributed by atoms with Crippen molar-refractivity contribution in [3.63, 3.8) is 0 Å². The van der Waals surface area contributed by atoms with Gasteiger partial charge in [-0.25, -0.2) is 8.42 Å². The molecule has 1 aromatic heterocycles. The normalized spacial score (nSPS) is 22.8. The number of nitrogens with two attached hydrogens (primary N) is 1. The lowest BCUT2D eigenvalue weighted by Crippen LogP contribution is -2.32. The molecule has 0 aliphatic carbocycles.